The fourth-order valence-electron chi connectivity index (χ4n) is 2.58. The van der Waals surface area contributed by atoms with Crippen LogP contribution in [0.2, 0.25) is 0 Å². The van der Waals surface area contributed by atoms with E-state index < -0.39 is 9.84 Å². The summed E-state index contributed by atoms with van der Waals surface area (Å²) in [4.78, 5) is 2.73. The number of benzene rings is 1. The highest BCUT2D eigenvalue weighted by Gasteiger charge is 2.29. The van der Waals surface area contributed by atoms with E-state index in [4.69, 9.17) is 0 Å². The number of nitrogens with zero attached hydrogens (tertiary/aromatic N) is 1. The van der Waals surface area contributed by atoms with Crippen molar-refractivity contribution >= 4 is 15.5 Å². The number of anilines is 1. The first kappa shape index (κ1) is 15.3. The monoisotopic (exact) mass is 296 g/mol. The van der Waals surface area contributed by atoms with E-state index >= 15 is 0 Å². The Bertz CT molecular complexity index is 561. The minimum absolute atomic E-state index is 0.233. The van der Waals surface area contributed by atoms with Gasteiger partial charge in [-0.15, -0.1) is 0 Å². The molecular formula is C15H24N2O2S. The quantitative estimate of drug-likeness (QED) is 0.926. The second-order valence-electron chi connectivity index (χ2n) is 6.24. The standard InChI is InChI=1S/C15H24N2O2S/c1-15(8-10-17(2)11-9-15)12-16-13-6-4-5-7-14(13)20(3,18)19/h4-7,16H,8-12H2,1-3H3. The highest BCUT2D eigenvalue weighted by atomic mass is 32.2. The molecular weight excluding hydrogens is 272 g/mol. The van der Waals surface area contributed by atoms with Crippen molar-refractivity contribution < 1.29 is 8.42 Å². The summed E-state index contributed by atoms with van der Waals surface area (Å²) in [6.45, 7) is 5.29. The first-order valence-corrected chi connectivity index (χ1v) is 8.91. The Balaban J connectivity index is 2.08. The molecule has 0 unspecified atom stereocenters. The summed E-state index contributed by atoms with van der Waals surface area (Å²) in [5.74, 6) is 0. The van der Waals surface area contributed by atoms with Gasteiger partial charge in [0, 0.05) is 12.8 Å². The molecule has 0 saturated carbocycles. The molecule has 20 heavy (non-hydrogen) atoms. The summed E-state index contributed by atoms with van der Waals surface area (Å²) in [7, 11) is -1.04. The van der Waals surface area contributed by atoms with E-state index in [0.29, 0.717) is 4.90 Å². The first-order valence-electron chi connectivity index (χ1n) is 7.02. The Morgan fingerprint density at radius 2 is 1.85 bits per heavy atom. The second kappa shape index (κ2) is 5.74. The molecule has 1 saturated heterocycles. The van der Waals surface area contributed by atoms with Crippen LogP contribution in [-0.4, -0.2) is 46.3 Å². The smallest absolute Gasteiger partial charge is 0.177 e. The van der Waals surface area contributed by atoms with Crippen LogP contribution in [0, 0.1) is 5.41 Å². The summed E-state index contributed by atoms with van der Waals surface area (Å²) in [5.41, 5.74) is 0.951. The van der Waals surface area contributed by atoms with Gasteiger partial charge in [-0.05, 0) is 50.5 Å². The van der Waals surface area contributed by atoms with Crippen LogP contribution in [-0.2, 0) is 9.84 Å². The van der Waals surface area contributed by atoms with Crippen LogP contribution < -0.4 is 5.32 Å². The Hall–Kier alpha value is -1.07. The van der Waals surface area contributed by atoms with Crippen molar-refractivity contribution in [2.24, 2.45) is 5.41 Å². The number of hydrogen-bond donors (Lipinski definition) is 1. The zero-order valence-corrected chi connectivity index (χ0v) is 13.3. The van der Waals surface area contributed by atoms with Crippen molar-refractivity contribution in [3.05, 3.63) is 24.3 Å². The molecule has 2 rings (SSSR count). The topological polar surface area (TPSA) is 49.4 Å². The number of sulfone groups is 1. The minimum Gasteiger partial charge on any atom is -0.383 e. The highest BCUT2D eigenvalue weighted by molar-refractivity contribution is 7.90. The maximum atomic E-state index is 11.8. The molecule has 0 amide bonds. The van der Waals surface area contributed by atoms with Crippen LogP contribution in [0.25, 0.3) is 0 Å². The number of para-hydroxylation sites is 1. The molecule has 0 spiro atoms. The molecule has 1 fully saturated rings. The maximum absolute atomic E-state index is 11.8. The lowest BCUT2D eigenvalue weighted by Gasteiger charge is -2.38. The fourth-order valence-corrected chi connectivity index (χ4v) is 3.45. The van der Waals surface area contributed by atoms with E-state index in [1.54, 1.807) is 12.1 Å². The minimum atomic E-state index is -3.19. The average Bonchev–Trinajstić information content (AvgIpc) is 2.40. The van der Waals surface area contributed by atoms with Gasteiger partial charge in [0.25, 0.3) is 0 Å². The van der Waals surface area contributed by atoms with Gasteiger partial charge >= 0.3 is 0 Å². The molecule has 1 aliphatic rings. The molecule has 4 nitrogen and oxygen atoms in total. The number of rotatable bonds is 4. The van der Waals surface area contributed by atoms with E-state index in [0.717, 1.165) is 38.2 Å². The second-order valence-corrected chi connectivity index (χ2v) is 8.22. The third-order valence-corrected chi connectivity index (χ3v) is 5.34. The van der Waals surface area contributed by atoms with E-state index in [2.05, 4.69) is 24.2 Å². The van der Waals surface area contributed by atoms with Gasteiger partial charge in [0.15, 0.2) is 9.84 Å². The molecule has 1 heterocycles. The predicted octanol–water partition coefficient (Wildman–Crippen LogP) is 2.23. The number of likely N-dealkylation sites (tertiary alicyclic amines) is 1. The Morgan fingerprint density at radius 3 is 2.45 bits per heavy atom. The van der Waals surface area contributed by atoms with Crippen molar-refractivity contribution in [3.63, 3.8) is 0 Å². The third kappa shape index (κ3) is 3.73. The van der Waals surface area contributed by atoms with E-state index in [1.165, 1.54) is 6.26 Å². The molecule has 0 aromatic heterocycles. The van der Waals surface area contributed by atoms with Gasteiger partial charge in [0.1, 0.15) is 0 Å². The van der Waals surface area contributed by atoms with E-state index in [-0.39, 0.29) is 5.41 Å². The van der Waals surface area contributed by atoms with Gasteiger partial charge < -0.3 is 10.2 Å². The molecule has 1 aromatic carbocycles. The largest absolute Gasteiger partial charge is 0.383 e. The van der Waals surface area contributed by atoms with Crippen LogP contribution in [0.1, 0.15) is 19.8 Å². The summed E-state index contributed by atoms with van der Waals surface area (Å²) in [5, 5.41) is 3.35. The van der Waals surface area contributed by atoms with E-state index in [9.17, 15) is 8.42 Å². The molecule has 0 aliphatic carbocycles. The first-order chi connectivity index (χ1) is 9.30. The SMILES string of the molecule is CN1CCC(C)(CNc2ccccc2S(C)(=O)=O)CC1. The van der Waals surface area contributed by atoms with Crippen LogP contribution in [0.4, 0.5) is 5.69 Å². The molecule has 1 aromatic rings. The summed E-state index contributed by atoms with van der Waals surface area (Å²) in [6.07, 6.45) is 3.53. The molecule has 112 valence electrons. The molecule has 1 aliphatic heterocycles. The molecule has 1 N–H and O–H groups in total. The van der Waals surface area contributed by atoms with E-state index in [1.807, 2.05) is 12.1 Å². The molecule has 5 heteroatoms. The predicted molar refractivity (Wildman–Crippen MR) is 82.9 cm³/mol. The van der Waals surface area contributed by atoms with Crippen molar-refractivity contribution in [2.45, 2.75) is 24.7 Å². The highest BCUT2D eigenvalue weighted by Crippen LogP contribution is 2.31. The average molecular weight is 296 g/mol. The fraction of sp³-hybridized carbons (Fsp3) is 0.600. The third-order valence-electron chi connectivity index (χ3n) is 4.19. The summed E-state index contributed by atoms with van der Waals surface area (Å²) in [6, 6.07) is 7.14. The lowest BCUT2D eigenvalue weighted by Crippen LogP contribution is -2.40. The number of nitrogens with one attached hydrogen (secondary N) is 1. The normalized spacial score (nSPS) is 19.8. The van der Waals surface area contributed by atoms with Crippen LogP contribution in [0.15, 0.2) is 29.2 Å². The number of hydrogen-bond acceptors (Lipinski definition) is 4. The van der Waals surface area contributed by atoms with Gasteiger partial charge in [-0.25, -0.2) is 8.42 Å². The Morgan fingerprint density at radius 1 is 1.25 bits per heavy atom. The van der Waals surface area contributed by atoms with Gasteiger partial charge in [-0.3, -0.25) is 0 Å². The van der Waals surface area contributed by atoms with Gasteiger partial charge in [-0.1, -0.05) is 19.1 Å². The van der Waals surface area contributed by atoms with Crippen molar-refractivity contribution in [3.8, 4) is 0 Å². The van der Waals surface area contributed by atoms with Gasteiger partial charge in [0.2, 0.25) is 0 Å². The summed E-state index contributed by atoms with van der Waals surface area (Å²) >= 11 is 0. The lowest BCUT2D eigenvalue weighted by molar-refractivity contribution is 0.150. The molecule has 0 atom stereocenters. The Labute approximate surface area is 122 Å². The van der Waals surface area contributed by atoms with Crippen LogP contribution >= 0.6 is 0 Å². The summed E-state index contributed by atoms with van der Waals surface area (Å²) < 4.78 is 23.6. The zero-order chi connectivity index (χ0) is 14.8. The number of piperidine rings is 1. The van der Waals surface area contributed by atoms with Crippen LogP contribution in [0.5, 0.6) is 0 Å². The van der Waals surface area contributed by atoms with Gasteiger partial charge in [-0.2, -0.15) is 0 Å². The molecule has 0 radical (unpaired) electrons. The van der Waals surface area contributed by atoms with Gasteiger partial charge in [0.05, 0.1) is 10.6 Å². The van der Waals surface area contributed by atoms with Crippen molar-refractivity contribution in [2.75, 3.05) is 38.3 Å². The Kier molecular flexibility index (Phi) is 4.39. The van der Waals surface area contributed by atoms with Crippen LogP contribution in [0.3, 0.4) is 0 Å². The molecule has 0 bridgehead atoms. The lowest BCUT2D eigenvalue weighted by atomic mass is 9.80. The van der Waals surface area contributed by atoms with Crippen molar-refractivity contribution in [1.82, 2.24) is 4.90 Å². The maximum Gasteiger partial charge on any atom is 0.177 e. The van der Waals surface area contributed by atoms with Crippen molar-refractivity contribution in [1.29, 1.82) is 0 Å². The zero-order valence-electron chi connectivity index (χ0n) is 12.5.